The Morgan fingerprint density at radius 2 is 1.69 bits per heavy atom. The third-order valence-corrected chi connectivity index (χ3v) is 3.61. The van der Waals surface area contributed by atoms with Crippen molar-refractivity contribution in [2.75, 3.05) is 25.1 Å². The Morgan fingerprint density at radius 1 is 1.08 bits per heavy atom. The van der Waals surface area contributed by atoms with Gasteiger partial charge in [-0.15, -0.1) is 0 Å². The van der Waals surface area contributed by atoms with Crippen LogP contribution >= 0.6 is 0 Å². The number of carbonyl (C=O) groups excluding carboxylic acids is 2. The number of anilines is 1. The molecule has 0 unspecified atom stereocenters. The average Bonchev–Trinajstić information content (AvgIpc) is 2.65. The predicted octanol–water partition coefficient (Wildman–Crippen LogP) is 2.52. The van der Waals surface area contributed by atoms with Gasteiger partial charge >= 0.3 is 12.0 Å². The summed E-state index contributed by atoms with van der Waals surface area (Å²) >= 11 is 0. The van der Waals surface area contributed by atoms with E-state index >= 15 is 0 Å². The summed E-state index contributed by atoms with van der Waals surface area (Å²) in [5.41, 5.74) is 6.28. The number of carbonyl (C=O) groups is 2. The first kappa shape index (κ1) is 19.3. The molecule has 0 heterocycles. The van der Waals surface area contributed by atoms with Gasteiger partial charge < -0.3 is 20.5 Å². The molecule has 1 atom stereocenters. The molecule has 2 aromatic carbocycles. The molecule has 0 saturated heterocycles. The summed E-state index contributed by atoms with van der Waals surface area (Å²) < 4.78 is 10.6. The van der Waals surface area contributed by atoms with Crippen molar-refractivity contribution >= 4 is 17.7 Å². The number of hydrogen-bond donors (Lipinski definition) is 2. The van der Waals surface area contributed by atoms with Crippen LogP contribution in [-0.4, -0.2) is 38.2 Å². The minimum absolute atomic E-state index is 0.0370. The fraction of sp³-hybridized carbons (Fsp3) is 0.263. The second-order valence-corrected chi connectivity index (χ2v) is 5.65. The van der Waals surface area contributed by atoms with Gasteiger partial charge in [0.2, 0.25) is 0 Å². The predicted molar refractivity (Wildman–Crippen MR) is 99.4 cm³/mol. The van der Waals surface area contributed by atoms with E-state index in [9.17, 15) is 9.59 Å². The summed E-state index contributed by atoms with van der Waals surface area (Å²) in [5, 5.41) is 2.73. The quantitative estimate of drug-likeness (QED) is 0.743. The Kier molecular flexibility index (Phi) is 6.99. The first-order chi connectivity index (χ1) is 12.5. The van der Waals surface area contributed by atoms with Gasteiger partial charge in [-0.25, -0.2) is 4.79 Å². The van der Waals surface area contributed by atoms with E-state index in [1.54, 1.807) is 31.3 Å². The van der Waals surface area contributed by atoms with Crippen LogP contribution in [0.25, 0.3) is 0 Å². The summed E-state index contributed by atoms with van der Waals surface area (Å²) in [6, 6.07) is 15.8. The molecule has 2 rings (SSSR count). The molecule has 0 saturated carbocycles. The van der Waals surface area contributed by atoms with Crippen molar-refractivity contribution in [1.29, 1.82) is 0 Å². The second kappa shape index (κ2) is 9.43. The molecule has 7 nitrogen and oxygen atoms in total. The highest BCUT2D eigenvalue weighted by molar-refractivity contribution is 5.91. The third kappa shape index (κ3) is 5.78. The number of para-hydroxylation sites is 1. The van der Waals surface area contributed by atoms with Gasteiger partial charge in [-0.05, 0) is 36.4 Å². The van der Waals surface area contributed by atoms with Crippen LogP contribution in [0, 0.1) is 0 Å². The second-order valence-electron chi connectivity index (χ2n) is 5.65. The topological polar surface area (TPSA) is 93.9 Å². The maximum atomic E-state index is 12.3. The van der Waals surface area contributed by atoms with Crippen molar-refractivity contribution < 1.29 is 19.1 Å². The van der Waals surface area contributed by atoms with Crippen LogP contribution in [0.5, 0.6) is 11.5 Å². The van der Waals surface area contributed by atoms with E-state index in [1.165, 1.54) is 11.8 Å². The van der Waals surface area contributed by atoms with Crippen molar-refractivity contribution in [1.82, 2.24) is 5.32 Å². The van der Waals surface area contributed by atoms with Crippen molar-refractivity contribution in [2.45, 2.75) is 13.0 Å². The largest absolute Gasteiger partial charge is 0.464 e. The average molecular weight is 357 g/mol. The molecule has 0 fully saturated rings. The number of urea groups is 1. The molecule has 26 heavy (non-hydrogen) atoms. The smallest absolute Gasteiger partial charge is 0.321 e. The van der Waals surface area contributed by atoms with Gasteiger partial charge in [-0.2, -0.15) is 0 Å². The number of amides is 2. The van der Waals surface area contributed by atoms with E-state index in [4.69, 9.17) is 15.2 Å². The molecule has 0 aromatic heterocycles. The first-order valence-electron chi connectivity index (χ1n) is 8.20. The van der Waals surface area contributed by atoms with E-state index in [1.807, 2.05) is 30.3 Å². The van der Waals surface area contributed by atoms with E-state index in [0.29, 0.717) is 11.4 Å². The Bertz CT molecular complexity index is 719. The molecule has 2 aromatic rings. The van der Waals surface area contributed by atoms with Gasteiger partial charge in [0.05, 0.1) is 6.04 Å². The molecule has 138 valence electrons. The van der Waals surface area contributed by atoms with Crippen molar-refractivity contribution in [2.24, 2.45) is 5.73 Å². The Hall–Kier alpha value is -3.06. The number of hydrogen-bond acceptors (Lipinski definition) is 5. The molecule has 0 aliphatic rings. The minimum atomic E-state index is -0.450. The molecule has 7 heteroatoms. The zero-order chi connectivity index (χ0) is 18.9. The zero-order valence-electron chi connectivity index (χ0n) is 14.8. The lowest BCUT2D eigenvalue weighted by Crippen LogP contribution is -2.48. The van der Waals surface area contributed by atoms with Crippen LogP contribution in [-0.2, 0) is 9.53 Å². The summed E-state index contributed by atoms with van der Waals surface area (Å²) in [5.74, 6) is 0.992. The van der Waals surface area contributed by atoms with E-state index in [0.717, 1.165) is 5.75 Å². The highest BCUT2D eigenvalue weighted by Crippen LogP contribution is 2.23. The summed E-state index contributed by atoms with van der Waals surface area (Å²) in [6.45, 7) is 1.51. The van der Waals surface area contributed by atoms with Crippen LogP contribution in [0.15, 0.2) is 54.6 Å². The van der Waals surface area contributed by atoms with Crippen LogP contribution in [0.4, 0.5) is 10.5 Å². The van der Waals surface area contributed by atoms with Gasteiger partial charge in [-0.1, -0.05) is 18.2 Å². The standard InChI is InChI=1S/C19H23N3O4/c1-14(23)25-13-15(12-20)21-19(24)22(2)16-8-10-18(11-9-16)26-17-6-4-3-5-7-17/h3-11,15H,12-13,20H2,1-2H3,(H,21,24)/t15-/m0/s1. The number of nitrogens with one attached hydrogen (secondary N) is 1. The summed E-state index contributed by atoms with van der Waals surface area (Å²) in [7, 11) is 1.64. The highest BCUT2D eigenvalue weighted by Gasteiger charge is 2.16. The van der Waals surface area contributed by atoms with Crippen LogP contribution in [0.3, 0.4) is 0 Å². The van der Waals surface area contributed by atoms with E-state index in [-0.39, 0.29) is 19.2 Å². The molecular formula is C19H23N3O4. The molecule has 0 aliphatic heterocycles. The number of ether oxygens (including phenoxy) is 2. The number of rotatable bonds is 7. The van der Waals surface area contributed by atoms with E-state index in [2.05, 4.69) is 5.32 Å². The van der Waals surface area contributed by atoms with Crippen LogP contribution in [0.1, 0.15) is 6.92 Å². The lowest BCUT2D eigenvalue weighted by Gasteiger charge is -2.22. The fourth-order valence-corrected chi connectivity index (χ4v) is 2.14. The Morgan fingerprint density at radius 3 is 2.27 bits per heavy atom. The van der Waals surface area contributed by atoms with Gasteiger partial charge in [-0.3, -0.25) is 9.69 Å². The van der Waals surface area contributed by atoms with Gasteiger partial charge in [0.1, 0.15) is 18.1 Å². The molecule has 0 bridgehead atoms. The SMILES string of the molecule is CC(=O)OC[C@H](CN)NC(=O)N(C)c1ccc(Oc2ccccc2)cc1. The Labute approximate surface area is 152 Å². The summed E-state index contributed by atoms with van der Waals surface area (Å²) in [6.07, 6.45) is 0. The first-order valence-corrected chi connectivity index (χ1v) is 8.20. The molecule has 0 aliphatic carbocycles. The molecule has 0 spiro atoms. The monoisotopic (exact) mass is 357 g/mol. The maximum absolute atomic E-state index is 12.3. The number of nitrogens with zero attached hydrogens (tertiary/aromatic N) is 1. The molecular weight excluding hydrogens is 334 g/mol. The molecule has 3 N–H and O–H groups in total. The number of benzene rings is 2. The van der Waals surface area contributed by atoms with Crippen LogP contribution in [0.2, 0.25) is 0 Å². The lowest BCUT2D eigenvalue weighted by molar-refractivity contribution is -0.141. The minimum Gasteiger partial charge on any atom is -0.464 e. The van der Waals surface area contributed by atoms with Crippen LogP contribution < -0.4 is 20.7 Å². The number of nitrogens with two attached hydrogens (primary N) is 1. The van der Waals surface area contributed by atoms with Gasteiger partial charge in [0.25, 0.3) is 0 Å². The zero-order valence-corrected chi connectivity index (χ0v) is 14.8. The fourth-order valence-electron chi connectivity index (χ4n) is 2.14. The third-order valence-electron chi connectivity index (χ3n) is 3.61. The maximum Gasteiger partial charge on any atom is 0.321 e. The van der Waals surface area contributed by atoms with Crippen molar-refractivity contribution in [3.63, 3.8) is 0 Å². The molecule has 2 amide bonds. The van der Waals surface area contributed by atoms with Crippen molar-refractivity contribution in [3.8, 4) is 11.5 Å². The molecule has 0 radical (unpaired) electrons. The Balaban J connectivity index is 1.94. The van der Waals surface area contributed by atoms with Gasteiger partial charge in [0, 0.05) is 26.2 Å². The van der Waals surface area contributed by atoms with E-state index < -0.39 is 12.0 Å². The van der Waals surface area contributed by atoms with Crippen molar-refractivity contribution in [3.05, 3.63) is 54.6 Å². The number of esters is 1. The summed E-state index contributed by atoms with van der Waals surface area (Å²) in [4.78, 5) is 24.6. The highest BCUT2D eigenvalue weighted by atomic mass is 16.5. The lowest BCUT2D eigenvalue weighted by atomic mass is 10.2. The normalized spacial score (nSPS) is 11.3. The van der Waals surface area contributed by atoms with Gasteiger partial charge in [0.15, 0.2) is 0 Å².